The fourth-order valence-corrected chi connectivity index (χ4v) is 4.93. The fraction of sp³-hybridized carbons (Fsp3) is 0.700. The van der Waals surface area contributed by atoms with Crippen LogP contribution in [0, 0.1) is 5.92 Å². The van der Waals surface area contributed by atoms with Crippen LogP contribution in [-0.4, -0.2) is 57.9 Å². The van der Waals surface area contributed by atoms with E-state index in [0.29, 0.717) is 25.6 Å². The molecule has 6 nitrogen and oxygen atoms in total. The normalized spacial score (nSPS) is 16.6. The highest BCUT2D eigenvalue weighted by molar-refractivity contribution is 7.86. The first-order valence-corrected chi connectivity index (χ1v) is 11.2. The monoisotopic (exact) mass is 398 g/mol. The molecule has 2 rings (SSSR count). The van der Waals surface area contributed by atoms with Crippen LogP contribution in [0.5, 0.6) is 11.5 Å². The molecule has 0 aromatic heterocycles. The smallest absolute Gasteiger partial charge is 0.281 e. The molecule has 27 heavy (non-hydrogen) atoms. The molecule has 0 aliphatic carbocycles. The van der Waals surface area contributed by atoms with Gasteiger partial charge in [-0.25, -0.2) is 0 Å². The quantitative estimate of drug-likeness (QED) is 0.607. The summed E-state index contributed by atoms with van der Waals surface area (Å²) in [5.41, 5.74) is 1.19. The van der Waals surface area contributed by atoms with E-state index in [1.165, 1.54) is 9.87 Å². The number of hydrogen-bond donors (Lipinski definition) is 0. The fourth-order valence-electron chi connectivity index (χ4n) is 3.50. The Bertz CT molecular complexity index is 663. The maximum Gasteiger partial charge on any atom is 0.281 e. The zero-order chi connectivity index (χ0) is 19.9. The van der Waals surface area contributed by atoms with Crippen LogP contribution in [0.3, 0.4) is 0 Å². The second-order valence-corrected chi connectivity index (χ2v) is 9.32. The van der Waals surface area contributed by atoms with Crippen LogP contribution in [0.1, 0.15) is 44.6 Å². The molecule has 0 amide bonds. The van der Waals surface area contributed by atoms with Gasteiger partial charge in [-0.15, -0.1) is 0 Å². The van der Waals surface area contributed by atoms with Crippen LogP contribution in [0.2, 0.25) is 0 Å². The highest BCUT2D eigenvalue weighted by Crippen LogP contribution is 2.28. The van der Waals surface area contributed by atoms with Gasteiger partial charge < -0.3 is 9.47 Å². The lowest BCUT2D eigenvalue weighted by atomic mass is 9.91. The van der Waals surface area contributed by atoms with Gasteiger partial charge in [-0.3, -0.25) is 0 Å². The number of rotatable bonds is 10. The summed E-state index contributed by atoms with van der Waals surface area (Å²) >= 11 is 0. The molecule has 0 radical (unpaired) electrons. The minimum atomic E-state index is -3.31. The zero-order valence-electron chi connectivity index (χ0n) is 17.1. The van der Waals surface area contributed by atoms with Gasteiger partial charge in [-0.2, -0.15) is 17.0 Å². The lowest BCUT2D eigenvalue weighted by molar-refractivity contribution is 0.250. The van der Waals surface area contributed by atoms with Gasteiger partial charge in [-0.05, 0) is 55.7 Å². The molecule has 1 aliphatic rings. The standard InChI is InChI=1S/C20H34N2O4S/c1-5-6-11-21(2)27(23,24)22-12-9-17(10-13-22)7-8-18-14-19(25-3)16-20(15-18)26-4/h14-17H,5-13H2,1-4H3. The van der Waals surface area contributed by atoms with Gasteiger partial charge in [0.1, 0.15) is 11.5 Å². The predicted octanol–water partition coefficient (Wildman–Crippen LogP) is 3.33. The third-order valence-corrected chi connectivity index (χ3v) is 7.36. The summed E-state index contributed by atoms with van der Waals surface area (Å²) in [7, 11) is 1.70. The van der Waals surface area contributed by atoms with Crippen molar-refractivity contribution in [3.63, 3.8) is 0 Å². The molecule has 1 heterocycles. The van der Waals surface area contributed by atoms with Crippen LogP contribution in [0.15, 0.2) is 18.2 Å². The van der Waals surface area contributed by atoms with Gasteiger partial charge in [0.2, 0.25) is 0 Å². The van der Waals surface area contributed by atoms with E-state index in [9.17, 15) is 8.42 Å². The van der Waals surface area contributed by atoms with Crippen LogP contribution >= 0.6 is 0 Å². The molecule has 7 heteroatoms. The van der Waals surface area contributed by atoms with E-state index in [1.54, 1.807) is 25.6 Å². The summed E-state index contributed by atoms with van der Waals surface area (Å²) in [5, 5.41) is 0. The van der Waals surface area contributed by atoms with E-state index >= 15 is 0 Å². The minimum Gasteiger partial charge on any atom is -0.497 e. The molecule has 0 unspecified atom stereocenters. The second kappa shape index (κ2) is 10.3. The number of piperidine rings is 1. The van der Waals surface area contributed by atoms with E-state index in [2.05, 4.69) is 6.92 Å². The second-order valence-electron chi connectivity index (χ2n) is 7.28. The molecule has 0 spiro atoms. The van der Waals surface area contributed by atoms with Crippen LogP contribution in [-0.2, 0) is 16.6 Å². The van der Waals surface area contributed by atoms with Crippen molar-refractivity contribution in [1.29, 1.82) is 0 Å². The highest BCUT2D eigenvalue weighted by Gasteiger charge is 2.30. The third kappa shape index (κ3) is 6.09. The Morgan fingerprint density at radius 3 is 2.22 bits per heavy atom. The summed E-state index contributed by atoms with van der Waals surface area (Å²) in [6, 6.07) is 5.97. The van der Waals surface area contributed by atoms with Crippen molar-refractivity contribution in [2.45, 2.75) is 45.4 Å². The number of benzene rings is 1. The van der Waals surface area contributed by atoms with Crippen molar-refractivity contribution in [3.05, 3.63) is 23.8 Å². The summed E-state index contributed by atoms with van der Waals surface area (Å²) in [6.45, 7) is 3.90. The Morgan fingerprint density at radius 2 is 1.70 bits per heavy atom. The van der Waals surface area contributed by atoms with E-state index < -0.39 is 10.2 Å². The Labute approximate surface area is 164 Å². The lowest BCUT2D eigenvalue weighted by Gasteiger charge is -2.33. The molecule has 0 bridgehead atoms. The zero-order valence-corrected chi connectivity index (χ0v) is 17.9. The van der Waals surface area contributed by atoms with Crippen molar-refractivity contribution in [2.75, 3.05) is 40.9 Å². The van der Waals surface area contributed by atoms with Gasteiger partial charge >= 0.3 is 0 Å². The van der Waals surface area contributed by atoms with Crippen LogP contribution in [0.4, 0.5) is 0 Å². The molecule has 1 aliphatic heterocycles. The molecule has 1 fully saturated rings. The van der Waals surface area contributed by atoms with E-state index in [0.717, 1.165) is 50.0 Å². The van der Waals surface area contributed by atoms with Crippen LogP contribution < -0.4 is 9.47 Å². The number of hydrogen-bond acceptors (Lipinski definition) is 4. The Hall–Kier alpha value is -1.31. The van der Waals surface area contributed by atoms with Gasteiger partial charge in [0.05, 0.1) is 14.2 Å². The summed E-state index contributed by atoms with van der Waals surface area (Å²) in [6.07, 6.45) is 5.73. The van der Waals surface area contributed by atoms with Gasteiger partial charge in [0.15, 0.2) is 0 Å². The lowest BCUT2D eigenvalue weighted by Crippen LogP contribution is -2.46. The maximum absolute atomic E-state index is 12.6. The molecule has 1 aromatic carbocycles. The van der Waals surface area contributed by atoms with Crippen molar-refractivity contribution in [2.24, 2.45) is 5.92 Å². The highest BCUT2D eigenvalue weighted by atomic mass is 32.2. The number of ether oxygens (including phenoxy) is 2. The molecule has 1 saturated heterocycles. The van der Waals surface area contributed by atoms with Crippen molar-refractivity contribution < 1.29 is 17.9 Å². The number of aryl methyl sites for hydroxylation is 1. The Balaban J connectivity index is 1.86. The summed E-state index contributed by atoms with van der Waals surface area (Å²) < 4.78 is 39.1. The third-order valence-electron chi connectivity index (χ3n) is 5.37. The van der Waals surface area contributed by atoms with Crippen LogP contribution in [0.25, 0.3) is 0 Å². The molecular weight excluding hydrogens is 364 g/mol. The largest absolute Gasteiger partial charge is 0.497 e. The molecular formula is C20H34N2O4S. The van der Waals surface area contributed by atoms with Crippen molar-refractivity contribution >= 4 is 10.2 Å². The molecule has 0 saturated carbocycles. The topological polar surface area (TPSA) is 59.1 Å². The molecule has 0 N–H and O–H groups in total. The number of unbranched alkanes of at least 4 members (excludes halogenated alkanes) is 1. The average molecular weight is 399 g/mol. The maximum atomic E-state index is 12.6. The first-order chi connectivity index (χ1) is 12.9. The molecule has 154 valence electrons. The first-order valence-electron chi connectivity index (χ1n) is 9.84. The number of nitrogens with zero attached hydrogens (tertiary/aromatic N) is 2. The molecule has 0 atom stereocenters. The minimum absolute atomic E-state index is 0.551. The van der Waals surface area contributed by atoms with Crippen molar-refractivity contribution in [1.82, 2.24) is 8.61 Å². The average Bonchev–Trinajstić information content (AvgIpc) is 2.70. The SMILES string of the molecule is CCCCN(C)S(=O)(=O)N1CCC(CCc2cc(OC)cc(OC)c2)CC1. The van der Waals surface area contributed by atoms with Gasteiger partial charge in [-0.1, -0.05) is 13.3 Å². The Kier molecular flexibility index (Phi) is 8.38. The molecule has 1 aromatic rings. The summed E-state index contributed by atoms with van der Waals surface area (Å²) in [4.78, 5) is 0. The van der Waals surface area contributed by atoms with Crippen molar-refractivity contribution in [3.8, 4) is 11.5 Å². The van der Waals surface area contributed by atoms with E-state index in [1.807, 2.05) is 18.2 Å². The van der Waals surface area contributed by atoms with Gasteiger partial charge in [0.25, 0.3) is 10.2 Å². The number of methoxy groups -OCH3 is 2. The van der Waals surface area contributed by atoms with E-state index in [4.69, 9.17) is 9.47 Å². The summed E-state index contributed by atoms with van der Waals surface area (Å²) in [5.74, 6) is 2.16. The van der Waals surface area contributed by atoms with Gasteiger partial charge in [0, 0.05) is 32.7 Å². The first kappa shape index (κ1) is 22.0. The Morgan fingerprint density at radius 1 is 1.11 bits per heavy atom. The predicted molar refractivity (Wildman–Crippen MR) is 109 cm³/mol. The van der Waals surface area contributed by atoms with E-state index in [-0.39, 0.29) is 0 Å².